The Kier molecular flexibility index (Phi) is 6.52. The molecule has 0 aliphatic carbocycles. The van der Waals surface area contributed by atoms with Gasteiger partial charge in [0.05, 0.1) is 0 Å². The number of carbonyl (C=O) groups excluding carboxylic acids is 1. The van der Waals surface area contributed by atoms with Gasteiger partial charge in [0.2, 0.25) is 0 Å². The van der Waals surface area contributed by atoms with Crippen molar-refractivity contribution in [3.05, 3.63) is 0 Å². The largest absolute Gasteiger partial charge is 0.372 e. The molecule has 0 aromatic rings. The first-order chi connectivity index (χ1) is 8.22. The Morgan fingerprint density at radius 2 is 2.12 bits per heavy atom. The highest BCUT2D eigenvalue weighted by Crippen LogP contribution is 2.21. The standard InChI is InChI=1S/C13H26N2O2/c1-4-12(17-3)13(16)15-9-6-11(7-10-15)5-8-14-2/h11-12,14H,4-10H2,1-3H3. The van der Waals surface area contributed by atoms with Gasteiger partial charge in [0.25, 0.3) is 5.91 Å². The van der Waals surface area contributed by atoms with Crippen molar-refractivity contribution in [3.8, 4) is 0 Å². The SMILES string of the molecule is CCC(OC)C(=O)N1CCC(CCNC)CC1. The third kappa shape index (κ3) is 4.28. The zero-order chi connectivity index (χ0) is 12.7. The Hall–Kier alpha value is -0.610. The third-order valence-corrected chi connectivity index (χ3v) is 3.66. The molecule has 4 nitrogen and oxygen atoms in total. The summed E-state index contributed by atoms with van der Waals surface area (Å²) in [5.74, 6) is 0.941. The van der Waals surface area contributed by atoms with E-state index < -0.39 is 0 Å². The zero-order valence-electron chi connectivity index (χ0n) is 11.4. The van der Waals surface area contributed by atoms with Crippen LogP contribution in [0.1, 0.15) is 32.6 Å². The number of rotatable bonds is 6. The van der Waals surface area contributed by atoms with Crippen molar-refractivity contribution < 1.29 is 9.53 Å². The van der Waals surface area contributed by atoms with Crippen LogP contribution < -0.4 is 5.32 Å². The topological polar surface area (TPSA) is 41.6 Å². The quantitative estimate of drug-likeness (QED) is 0.762. The van der Waals surface area contributed by atoms with E-state index in [4.69, 9.17) is 4.74 Å². The molecular weight excluding hydrogens is 216 g/mol. The Morgan fingerprint density at radius 3 is 2.59 bits per heavy atom. The number of nitrogens with one attached hydrogen (secondary N) is 1. The maximum Gasteiger partial charge on any atom is 0.251 e. The van der Waals surface area contributed by atoms with Crippen molar-refractivity contribution in [2.75, 3.05) is 33.8 Å². The van der Waals surface area contributed by atoms with E-state index in [1.54, 1.807) is 7.11 Å². The third-order valence-electron chi connectivity index (χ3n) is 3.66. The lowest BCUT2D eigenvalue weighted by molar-refractivity contribution is -0.143. The Labute approximate surface area is 105 Å². The van der Waals surface area contributed by atoms with Crippen molar-refractivity contribution in [3.63, 3.8) is 0 Å². The van der Waals surface area contributed by atoms with Gasteiger partial charge in [0.1, 0.15) is 6.10 Å². The average molecular weight is 242 g/mol. The van der Waals surface area contributed by atoms with Gasteiger partial charge >= 0.3 is 0 Å². The monoisotopic (exact) mass is 242 g/mol. The van der Waals surface area contributed by atoms with Crippen LogP contribution in [0.2, 0.25) is 0 Å². The number of ether oxygens (including phenoxy) is 1. The first-order valence-electron chi connectivity index (χ1n) is 6.69. The van der Waals surface area contributed by atoms with Crippen LogP contribution in [0.15, 0.2) is 0 Å². The normalized spacial score (nSPS) is 19.4. The fourth-order valence-corrected chi connectivity index (χ4v) is 2.44. The van der Waals surface area contributed by atoms with Gasteiger partial charge in [-0.15, -0.1) is 0 Å². The second-order valence-corrected chi connectivity index (χ2v) is 4.79. The summed E-state index contributed by atoms with van der Waals surface area (Å²) in [4.78, 5) is 14.0. The molecule has 0 aromatic carbocycles. The summed E-state index contributed by atoms with van der Waals surface area (Å²) in [6.07, 6.45) is 4.00. The molecule has 1 aliphatic rings. The molecule has 0 bridgehead atoms. The highest BCUT2D eigenvalue weighted by atomic mass is 16.5. The summed E-state index contributed by atoms with van der Waals surface area (Å²) in [6.45, 7) is 4.86. The first kappa shape index (κ1) is 14.5. The van der Waals surface area contributed by atoms with E-state index in [2.05, 4.69) is 5.32 Å². The van der Waals surface area contributed by atoms with Gasteiger partial charge in [0, 0.05) is 20.2 Å². The second kappa shape index (κ2) is 7.67. The van der Waals surface area contributed by atoms with Gasteiger partial charge in [-0.2, -0.15) is 0 Å². The number of nitrogens with zero attached hydrogens (tertiary/aromatic N) is 1. The fraction of sp³-hybridized carbons (Fsp3) is 0.923. The molecule has 1 N–H and O–H groups in total. The molecule has 0 radical (unpaired) electrons. The van der Waals surface area contributed by atoms with Gasteiger partial charge in [-0.1, -0.05) is 6.92 Å². The molecule has 1 fully saturated rings. The Bertz CT molecular complexity index is 221. The number of carbonyl (C=O) groups is 1. The van der Waals surface area contributed by atoms with Crippen LogP contribution in [-0.2, 0) is 9.53 Å². The molecule has 1 amide bonds. The van der Waals surface area contributed by atoms with E-state index in [0.29, 0.717) is 0 Å². The minimum atomic E-state index is -0.246. The number of likely N-dealkylation sites (tertiary alicyclic amines) is 1. The number of piperidine rings is 1. The molecular formula is C13H26N2O2. The number of amides is 1. The molecule has 1 rings (SSSR count). The highest BCUT2D eigenvalue weighted by Gasteiger charge is 2.26. The predicted octanol–water partition coefficient (Wildman–Crippen LogP) is 1.26. The van der Waals surface area contributed by atoms with Crippen LogP contribution in [-0.4, -0.2) is 50.7 Å². The molecule has 0 spiro atoms. The maximum absolute atomic E-state index is 12.1. The van der Waals surface area contributed by atoms with Crippen LogP contribution in [0.5, 0.6) is 0 Å². The Morgan fingerprint density at radius 1 is 1.47 bits per heavy atom. The molecule has 1 aliphatic heterocycles. The molecule has 17 heavy (non-hydrogen) atoms. The van der Waals surface area contributed by atoms with Crippen LogP contribution in [0.25, 0.3) is 0 Å². The van der Waals surface area contributed by atoms with Crippen molar-refractivity contribution in [1.82, 2.24) is 10.2 Å². The van der Waals surface area contributed by atoms with Crippen molar-refractivity contribution in [1.29, 1.82) is 0 Å². The van der Waals surface area contributed by atoms with E-state index in [9.17, 15) is 4.79 Å². The van der Waals surface area contributed by atoms with Gasteiger partial charge < -0.3 is 15.0 Å². The smallest absolute Gasteiger partial charge is 0.251 e. The van der Waals surface area contributed by atoms with E-state index >= 15 is 0 Å². The molecule has 0 aromatic heterocycles. The number of methoxy groups -OCH3 is 1. The van der Waals surface area contributed by atoms with Gasteiger partial charge in [-0.05, 0) is 45.2 Å². The molecule has 1 saturated heterocycles. The molecule has 1 atom stereocenters. The summed E-state index contributed by atoms with van der Waals surface area (Å²) < 4.78 is 5.21. The average Bonchev–Trinajstić information content (AvgIpc) is 2.38. The van der Waals surface area contributed by atoms with Crippen LogP contribution in [0.3, 0.4) is 0 Å². The molecule has 4 heteroatoms. The van der Waals surface area contributed by atoms with E-state index in [0.717, 1.165) is 44.8 Å². The molecule has 1 heterocycles. The van der Waals surface area contributed by atoms with Crippen LogP contribution in [0, 0.1) is 5.92 Å². The molecule has 0 saturated carbocycles. The summed E-state index contributed by atoms with van der Waals surface area (Å²) in [5, 5.41) is 3.18. The summed E-state index contributed by atoms with van der Waals surface area (Å²) in [5.41, 5.74) is 0. The van der Waals surface area contributed by atoms with Gasteiger partial charge in [-0.25, -0.2) is 0 Å². The number of hydrogen-bond donors (Lipinski definition) is 1. The highest BCUT2D eigenvalue weighted by molar-refractivity contribution is 5.80. The van der Waals surface area contributed by atoms with Gasteiger partial charge in [0.15, 0.2) is 0 Å². The maximum atomic E-state index is 12.1. The van der Waals surface area contributed by atoms with Crippen molar-refractivity contribution >= 4 is 5.91 Å². The fourth-order valence-electron chi connectivity index (χ4n) is 2.44. The van der Waals surface area contributed by atoms with E-state index in [1.165, 1.54) is 6.42 Å². The minimum Gasteiger partial charge on any atom is -0.372 e. The van der Waals surface area contributed by atoms with E-state index in [1.807, 2.05) is 18.9 Å². The summed E-state index contributed by atoms with van der Waals surface area (Å²) in [6, 6.07) is 0. The van der Waals surface area contributed by atoms with E-state index in [-0.39, 0.29) is 12.0 Å². The van der Waals surface area contributed by atoms with Gasteiger partial charge in [-0.3, -0.25) is 4.79 Å². The molecule has 100 valence electrons. The van der Waals surface area contributed by atoms with Crippen molar-refractivity contribution in [2.24, 2.45) is 5.92 Å². The lowest BCUT2D eigenvalue weighted by Gasteiger charge is -2.33. The number of hydrogen-bond acceptors (Lipinski definition) is 3. The van der Waals surface area contributed by atoms with Crippen LogP contribution >= 0.6 is 0 Å². The minimum absolute atomic E-state index is 0.169. The van der Waals surface area contributed by atoms with Crippen LogP contribution in [0.4, 0.5) is 0 Å². The predicted molar refractivity (Wildman–Crippen MR) is 68.9 cm³/mol. The summed E-state index contributed by atoms with van der Waals surface area (Å²) in [7, 11) is 3.61. The molecule has 1 unspecified atom stereocenters. The Balaban J connectivity index is 2.33. The zero-order valence-corrected chi connectivity index (χ0v) is 11.4. The van der Waals surface area contributed by atoms with Crippen molar-refractivity contribution in [2.45, 2.75) is 38.7 Å². The first-order valence-corrected chi connectivity index (χ1v) is 6.69. The lowest BCUT2D eigenvalue weighted by atomic mass is 9.93. The second-order valence-electron chi connectivity index (χ2n) is 4.79. The summed E-state index contributed by atoms with van der Waals surface area (Å²) >= 11 is 0. The lowest BCUT2D eigenvalue weighted by Crippen LogP contribution is -2.44.